The number of para-hydroxylation sites is 1. The molecule has 2 heterocycles. The van der Waals surface area contributed by atoms with Crippen molar-refractivity contribution in [2.75, 3.05) is 6.54 Å². The lowest BCUT2D eigenvalue weighted by molar-refractivity contribution is -0.121. The number of tetrazole rings is 1. The maximum Gasteiger partial charge on any atom is 0.241 e. The highest BCUT2D eigenvalue weighted by Crippen LogP contribution is 2.23. The van der Waals surface area contributed by atoms with E-state index < -0.39 is 0 Å². The minimum atomic E-state index is -0.165. The van der Waals surface area contributed by atoms with Gasteiger partial charge in [0.05, 0.1) is 11.3 Å². The van der Waals surface area contributed by atoms with Crippen LogP contribution in [0, 0.1) is 0 Å². The number of aryl methyl sites for hydroxylation is 1. The molecular formula is C16H18ClN7O2. The summed E-state index contributed by atoms with van der Waals surface area (Å²) in [6, 6.07) is 7.12. The molecule has 0 radical (unpaired) electrons. The highest BCUT2D eigenvalue weighted by molar-refractivity contribution is 6.32. The van der Waals surface area contributed by atoms with Crippen molar-refractivity contribution in [2.45, 2.75) is 26.1 Å². The van der Waals surface area contributed by atoms with Gasteiger partial charge < -0.3 is 14.6 Å². The summed E-state index contributed by atoms with van der Waals surface area (Å²) in [5.41, 5.74) is 0. The number of amides is 1. The second-order valence-electron chi connectivity index (χ2n) is 5.48. The van der Waals surface area contributed by atoms with Gasteiger partial charge >= 0.3 is 0 Å². The van der Waals surface area contributed by atoms with Crippen LogP contribution < -0.4 is 10.1 Å². The van der Waals surface area contributed by atoms with Gasteiger partial charge in [-0.05, 0) is 29.0 Å². The molecule has 0 bridgehead atoms. The number of nitrogens with zero attached hydrogens (tertiary/aromatic N) is 6. The van der Waals surface area contributed by atoms with Gasteiger partial charge in [0.1, 0.15) is 18.9 Å². The third-order valence-electron chi connectivity index (χ3n) is 3.57. The Balaban J connectivity index is 1.44. The first-order valence-electron chi connectivity index (χ1n) is 8.07. The van der Waals surface area contributed by atoms with Crippen molar-refractivity contribution in [1.82, 2.24) is 35.1 Å². The molecule has 1 N–H and O–H groups in total. The molecule has 0 atom stereocenters. The molecule has 0 aliphatic heterocycles. The number of nitrogens with one attached hydrogen (secondary N) is 1. The number of imidazole rings is 1. The molecule has 3 rings (SSSR count). The summed E-state index contributed by atoms with van der Waals surface area (Å²) in [7, 11) is 0. The molecule has 0 aliphatic carbocycles. The van der Waals surface area contributed by atoms with Crippen LogP contribution in [-0.2, 0) is 24.5 Å². The Kier molecular flexibility index (Phi) is 6.15. The summed E-state index contributed by atoms with van der Waals surface area (Å²) >= 11 is 6.04. The number of carbonyl (C=O) groups is 1. The van der Waals surface area contributed by atoms with Crippen LogP contribution in [0.1, 0.15) is 12.2 Å². The second-order valence-corrected chi connectivity index (χ2v) is 5.88. The average molecular weight is 376 g/mol. The molecule has 1 aromatic carbocycles. The number of carbonyl (C=O) groups excluding carboxylic acids is 1. The first kappa shape index (κ1) is 17.9. The van der Waals surface area contributed by atoms with Crippen molar-refractivity contribution in [1.29, 1.82) is 0 Å². The Morgan fingerprint density at radius 3 is 3.00 bits per heavy atom. The molecule has 0 aliphatic rings. The predicted molar refractivity (Wildman–Crippen MR) is 93.5 cm³/mol. The minimum absolute atomic E-state index is 0.0271. The molecule has 3 aromatic rings. The van der Waals surface area contributed by atoms with Crippen molar-refractivity contribution < 1.29 is 9.53 Å². The number of benzene rings is 1. The van der Waals surface area contributed by atoms with Gasteiger partial charge in [-0.15, -0.1) is 5.10 Å². The van der Waals surface area contributed by atoms with Crippen LogP contribution in [0.5, 0.6) is 5.75 Å². The van der Waals surface area contributed by atoms with Crippen molar-refractivity contribution in [3.63, 3.8) is 0 Å². The first-order chi connectivity index (χ1) is 12.7. The number of hydrogen-bond donors (Lipinski definition) is 1. The number of hydrogen-bond acceptors (Lipinski definition) is 6. The maximum atomic E-state index is 12.0. The molecule has 0 fully saturated rings. The van der Waals surface area contributed by atoms with E-state index in [-0.39, 0.29) is 19.1 Å². The zero-order valence-electron chi connectivity index (χ0n) is 14.0. The van der Waals surface area contributed by atoms with E-state index in [1.807, 2.05) is 22.9 Å². The van der Waals surface area contributed by atoms with Crippen LogP contribution in [0.25, 0.3) is 0 Å². The Morgan fingerprint density at radius 1 is 1.31 bits per heavy atom. The van der Waals surface area contributed by atoms with Gasteiger partial charge in [0.15, 0.2) is 5.82 Å². The normalized spacial score (nSPS) is 10.7. The van der Waals surface area contributed by atoms with Crippen LogP contribution in [0.3, 0.4) is 0 Å². The number of halogens is 1. The Morgan fingerprint density at radius 2 is 2.19 bits per heavy atom. The van der Waals surface area contributed by atoms with Crippen LogP contribution in [-0.4, -0.2) is 42.2 Å². The number of aromatic nitrogens is 6. The predicted octanol–water partition coefficient (Wildman–Crippen LogP) is 1.31. The van der Waals surface area contributed by atoms with Crippen molar-refractivity contribution >= 4 is 17.5 Å². The molecule has 10 heteroatoms. The average Bonchev–Trinajstić information content (AvgIpc) is 3.30. The summed E-state index contributed by atoms with van der Waals surface area (Å²) in [6.07, 6.45) is 6.16. The SMILES string of the molecule is O=C(Cn1nnnc1COc1ccccc1Cl)NCCCn1ccnc1. The van der Waals surface area contributed by atoms with E-state index in [1.165, 1.54) is 4.68 Å². The zero-order chi connectivity index (χ0) is 18.2. The van der Waals surface area contributed by atoms with Gasteiger partial charge in [-0.25, -0.2) is 9.67 Å². The number of ether oxygens (including phenoxy) is 1. The summed E-state index contributed by atoms with van der Waals surface area (Å²) in [5.74, 6) is 0.813. The molecule has 0 saturated carbocycles. The van der Waals surface area contributed by atoms with Gasteiger partial charge in [-0.1, -0.05) is 23.7 Å². The quantitative estimate of drug-likeness (QED) is 0.566. The van der Waals surface area contributed by atoms with Gasteiger partial charge in [0.25, 0.3) is 0 Å². The highest BCUT2D eigenvalue weighted by atomic mass is 35.5. The van der Waals surface area contributed by atoms with Gasteiger partial charge in [0, 0.05) is 25.5 Å². The van der Waals surface area contributed by atoms with Crippen molar-refractivity contribution in [3.8, 4) is 5.75 Å². The summed E-state index contributed by atoms with van der Waals surface area (Å²) in [5, 5.41) is 14.7. The third kappa shape index (κ3) is 5.03. The maximum absolute atomic E-state index is 12.0. The van der Waals surface area contributed by atoms with E-state index in [0.29, 0.717) is 23.1 Å². The molecule has 0 spiro atoms. The fraction of sp³-hybridized carbons (Fsp3) is 0.312. The number of rotatable bonds is 9. The van der Waals surface area contributed by atoms with Crippen LogP contribution >= 0.6 is 11.6 Å². The largest absolute Gasteiger partial charge is 0.484 e. The Bertz CT molecular complexity index is 835. The minimum Gasteiger partial charge on any atom is -0.484 e. The van der Waals surface area contributed by atoms with Crippen LogP contribution in [0.2, 0.25) is 5.02 Å². The monoisotopic (exact) mass is 375 g/mol. The summed E-state index contributed by atoms with van der Waals surface area (Å²) in [4.78, 5) is 16.0. The van der Waals surface area contributed by atoms with E-state index in [1.54, 1.807) is 24.7 Å². The second kappa shape index (κ2) is 8.95. The molecule has 0 unspecified atom stereocenters. The van der Waals surface area contributed by atoms with E-state index >= 15 is 0 Å². The fourth-order valence-electron chi connectivity index (χ4n) is 2.25. The lowest BCUT2D eigenvalue weighted by atomic mass is 10.3. The highest BCUT2D eigenvalue weighted by Gasteiger charge is 2.11. The summed E-state index contributed by atoms with van der Waals surface area (Å²) in [6.45, 7) is 1.50. The van der Waals surface area contributed by atoms with Crippen LogP contribution in [0.4, 0.5) is 0 Å². The Labute approximate surface area is 154 Å². The Hall–Kier alpha value is -2.94. The molecule has 1 amide bonds. The third-order valence-corrected chi connectivity index (χ3v) is 3.88. The smallest absolute Gasteiger partial charge is 0.241 e. The van der Waals surface area contributed by atoms with E-state index in [9.17, 15) is 4.79 Å². The molecule has 2 aromatic heterocycles. The molecule has 9 nitrogen and oxygen atoms in total. The van der Waals surface area contributed by atoms with Gasteiger partial charge in [0.2, 0.25) is 5.91 Å². The summed E-state index contributed by atoms with van der Waals surface area (Å²) < 4.78 is 8.97. The fourth-order valence-corrected chi connectivity index (χ4v) is 2.44. The van der Waals surface area contributed by atoms with Gasteiger partial charge in [-0.3, -0.25) is 4.79 Å². The van der Waals surface area contributed by atoms with E-state index in [2.05, 4.69) is 25.8 Å². The first-order valence-corrected chi connectivity index (χ1v) is 8.45. The molecule has 26 heavy (non-hydrogen) atoms. The lowest BCUT2D eigenvalue weighted by Crippen LogP contribution is -2.30. The van der Waals surface area contributed by atoms with E-state index in [0.717, 1.165) is 13.0 Å². The van der Waals surface area contributed by atoms with Crippen LogP contribution in [0.15, 0.2) is 43.0 Å². The van der Waals surface area contributed by atoms with Crippen molar-refractivity contribution in [2.24, 2.45) is 0 Å². The van der Waals surface area contributed by atoms with E-state index in [4.69, 9.17) is 16.3 Å². The lowest BCUT2D eigenvalue weighted by Gasteiger charge is -2.09. The molecule has 136 valence electrons. The topological polar surface area (TPSA) is 99.8 Å². The zero-order valence-corrected chi connectivity index (χ0v) is 14.7. The van der Waals surface area contributed by atoms with Crippen molar-refractivity contribution in [3.05, 3.63) is 53.8 Å². The van der Waals surface area contributed by atoms with Gasteiger partial charge in [-0.2, -0.15) is 0 Å². The standard InChI is InChI=1S/C16H18ClN7O2/c17-13-4-1-2-5-14(13)26-11-15-20-21-22-24(15)10-16(25)19-6-3-8-23-9-7-18-12-23/h1-2,4-5,7,9,12H,3,6,8,10-11H2,(H,19,25). The molecular weight excluding hydrogens is 358 g/mol. The molecule has 0 saturated heterocycles.